The number of hydrogen-bond acceptors (Lipinski definition) is 3. The van der Waals surface area contributed by atoms with Gasteiger partial charge in [-0.3, -0.25) is 0 Å². The Morgan fingerprint density at radius 3 is 2.71 bits per heavy atom. The van der Waals surface area contributed by atoms with Crippen LogP contribution in [0.3, 0.4) is 0 Å². The molecule has 82 valence electrons. The van der Waals surface area contributed by atoms with Gasteiger partial charge in [-0.25, -0.2) is 0 Å². The lowest BCUT2D eigenvalue weighted by molar-refractivity contribution is -0.0212. The van der Waals surface area contributed by atoms with Gasteiger partial charge in [-0.15, -0.1) is 0 Å². The van der Waals surface area contributed by atoms with E-state index in [4.69, 9.17) is 4.74 Å². The number of rotatable bonds is 2. The zero-order valence-electron chi connectivity index (χ0n) is 8.96. The lowest BCUT2D eigenvalue weighted by atomic mass is 9.81. The Labute approximate surface area is 85.8 Å². The lowest BCUT2D eigenvalue weighted by Gasteiger charge is -2.35. The van der Waals surface area contributed by atoms with Gasteiger partial charge in [0.2, 0.25) is 0 Å². The summed E-state index contributed by atoms with van der Waals surface area (Å²) in [6.45, 7) is 4.92. The van der Waals surface area contributed by atoms with Gasteiger partial charge in [0, 0.05) is 6.61 Å². The summed E-state index contributed by atoms with van der Waals surface area (Å²) in [7, 11) is 0. The van der Waals surface area contributed by atoms with Crippen molar-refractivity contribution in [1.29, 1.82) is 0 Å². The molecule has 2 aliphatic heterocycles. The standard InChI is InChI=1S/C11H21NO2/c1-9-10(2-7-14-9)8-11(13)3-5-12-6-4-11/h9-10,12-13H,2-8H2,1H3. The Morgan fingerprint density at radius 1 is 1.43 bits per heavy atom. The van der Waals surface area contributed by atoms with Gasteiger partial charge in [0.05, 0.1) is 11.7 Å². The third kappa shape index (κ3) is 2.27. The average molecular weight is 199 g/mol. The summed E-state index contributed by atoms with van der Waals surface area (Å²) in [4.78, 5) is 0. The third-order valence-electron chi connectivity index (χ3n) is 3.71. The zero-order chi connectivity index (χ0) is 10.0. The largest absolute Gasteiger partial charge is 0.390 e. The summed E-state index contributed by atoms with van der Waals surface area (Å²) in [6, 6.07) is 0. The van der Waals surface area contributed by atoms with Crippen LogP contribution in [0.2, 0.25) is 0 Å². The Morgan fingerprint density at radius 2 is 2.14 bits per heavy atom. The molecule has 2 saturated heterocycles. The van der Waals surface area contributed by atoms with Crippen LogP contribution in [-0.2, 0) is 4.74 Å². The first-order valence-electron chi connectivity index (χ1n) is 5.74. The van der Waals surface area contributed by atoms with Crippen molar-refractivity contribution in [3.05, 3.63) is 0 Å². The first-order chi connectivity index (χ1) is 6.70. The highest BCUT2D eigenvalue weighted by Crippen LogP contribution is 2.33. The van der Waals surface area contributed by atoms with Crippen molar-refractivity contribution in [2.45, 2.75) is 44.3 Å². The molecule has 0 radical (unpaired) electrons. The second kappa shape index (κ2) is 4.17. The van der Waals surface area contributed by atoms with E-state index >= 15 is 0 Å². The van der Waals surface area contributed by atoms with Crippen LogP contribution >= 0.6 is 0 Å². The lowest BCUT2D eigenvalue weighted by Crippen LogP contribution is -2.43. The minimum absolute atomic E-state index is 0.342. The molecule has 0 amide bonds. The van der Waals surface area contributed by atoms with Crippen molar-refractivity contribution in [1.82, 2.24) is 5.32 Å². The predicted molar refractivity (Wildman–Crippen MR) is 55.2 cm³/mol. The van der Waals surface area contributed by atoms with Crippen molar-refractivity contribution in [2.75, 3.05) is 19.7 Å². The predicted octanol–water partition coefficient (Wildman–Crippen LogP) is 0.916. The molecule has 2 rings (SSSR count). The van der Waals surface area contributed by atoms with Gasteiger partial charge >= 0.3 is 0 Å². The maximum absolute atomic E-state index is 10.4. The topological polar surface area (TPSA) is 41.5 Å². The molecule has 0 aromatic rings. The van der Waals surface area contributed by atoms with Crippen molar-refractivity contribution < 1.29 is 9.84 Å². The fourth-order valence-corrected chi connectivity index (χ4v) is 2.63. The van der Waals surface area contributed by atoms with Gasteiger partial charge in [0.1, 0.15) is 0 Å². The summed E-state index contributed by atoms with van der Waals surface area (Å²) in [5, 5.41) is 13.6. The van der Waals surface area contributed by atoms with Gasteiger partial charge in [0.15, 0.2) is 0 Å². The van der Waals surface area contributed by atoms with Crippen LogP contribution in [0.15, 0.2) is 0 Å². The third-order valence-corrected chi connectivity index (χ3v) is 3.71. The highest BCUT2D eigenvalue weighted by molar-refractivity contribution is 4.89. The summed E-state index contributed by atoms with van der Waals surface area (Å²) >= 11 is 0. The number of aliphatic hydroxyl groups is 1. The molecule has 0 bridgehead atoms. The molecule has 0 aliphatic carbocycles. The van der Waals surface area contributed by atoms with Gasteiger partial charge in [-0.05, 0) is 51.6 Å². The maximum atomic E-state index is 10.4. The van der Waals surface area contributed by atoms with Gasteiger partial charge in [0.25, 0.3) is 0 Å². The smallest absolute Gasteiger partial charge is 0.0675 e. The second-order valence-electron chi connectivity index (χ2n) is 4.80. The molecule has 0 aromatic heterocycles. The van der Waals surface area contributed by atoms with Crippen LogP contribution in [0.4, 0.5) is 0 Å². The first kappa shape index (κ1) is 10.4. The fourth-order valence-electron chi connectivity index (χ4n) is 2.63. The Hall–Kier alpha value is -0.120. The van der Waals surface area contributed by atoms with E-state index in [0.29, 0.717) is 12.0 Å². The van der Waals surface area contributed by atoms with Crippen molar-refractivity contribution in [2.24, 2.45) is 5.92 Å². The van der Waals surface area contributed by atoms with Gasteiger partial charge in [-0.2, -0.15) is 0 Å². The Kier molecular flexibility index (Phi) is 3.10. The molecule has 2 atom stereocenters. The van der Waals surface area contributed by atoms with Crippen LogP contribution in [0.1, 0.15) is 32.6 Å². The molecular weight excluding hydrogens is 178 g/mol. The quantitative estimate of drug-likeness (QED) is 0.695. The van der Waals surface area contributed by atoms with Crippen LogP contribution in [-0.4, -0.2) is 36.5 Å². The van der Waals surface area contributed by atoms with E-state index in [1.165, 1.54) is 0 Å². The second-order valence-corrected chi connectivity index (χ2v) is 4.80. The number of hydrogen-bond donors (Lipinski definition) is 2. The molecule has 0 spiro atoms. The van der Waals surface area contributed by atoms with E-state index in [1.54, 1.807) is 0 Å². The molecule has 0 saturated carbocycles. The van der Waals surface area contributed by atoms with Crippen LogP contribution < -0.4 is 5.32 Å². The number of nitrogens with one attached hydrogen (secondary N) is 1. The number of piperidine rings is 1. The van der Waals surface area contributed by atoms with Crippen molar-refractivity contribution in [3.8, 4) is 0 Å². The zero-order valence-corrected chi connectivity index (χ0v) is 8.96. The van der Waals surface area contributed by atoms with Crippen LogP contribution in [0.25, 0.3) is 0 Å². The highest BCUT2D eigenvalue weighted by Gasteiger charge is 2.35. The van der Waals surface area contributed by atoms with E-state index in [2.05, 4.69) is 12.2 Å². The first-order valence-corrected chi connectivity index (χ1v) is 5.74. The molecule has 0 aromatic carbocycles. The van der Waals surface area contributed by atoms with Gasteiger partial charge in [-0.1, -0.05) is 0 Å². The van der Waals surface area contributed by atoms with Crippen LogP contribution in [0.5, 0.6) is 0 Å². The number of ether oxygens (including phenoxy) is 1. The summed E-state index contributed by atoms with van der Waals surface area (Å²) in [5.41, 5.74) is -0.419. The minimum Gasteiger partial charge on any atom is -0.390 e. The average Bonchev–Trinajstić information content (AvgIpc) is 2.52. The molecule has 2 N–H and O–H groups in total. The van der Waals surface area contributed by atoms with Crippen molar-refractivity contribution >= 4 is 0 Å². The van der Waals surface area contributed by atoms with E-state index in [1.807, 2.05) is 0 Å². The molecule has 2 heterocycles. The van der Waals surface area contributed by atoms with E-state index in [9.17, 15) is 5.11 Å². The summed E-state index contributed by atoms with van der Waals surface area (Å²) in [5.74, 6) is 0.568. The SMILES string of the molecule is CC1OCCC1CC1(O)CCNCC1. The molecule has 14 heavy (non-hydrogen) atoms. The van der Waals surface area contributed by atoms with Crippen molar-refractivity contribution in [3.63, 3.8) is 0 Å². The van der Waals surface area contributed by atoms with E-state index in [-0.39, 0.29) is 0 Å². The minimum atomic E-state index is -0.419. The van der Waals surface area contributed by atoms with E-state index < -0.39 is 5.60 Å². The Bertz CT molecular complexity index is 190. The molecule has 3 heteroatoms. The molecule has 2 fully saturated rings. The molecule has 2 unspecified atom stereocenters. The Balaban J connectivity index is 1.88. The normalized spacial score (nSPS) is 37.3. The molecular formula is C11H21NO2. The molecule has 2 aliphatic rings. The molecule has 3 nitrogen and oxygen atoms in total. The summed E-state index contributed by atoms with van der Waals surface area (Å²) in [6.07, 6.45) is 4.19. The van der Waals surface area contributed by atoms with Gasteiger partial charge < -0.3 is 15.2 Å². The fraction of sp³-hybridized carbons (Fsp3) is 1.00. The monoisotopic (exact) mass is 199 g/mol. The maximum Gasteiger partial charge on any atom is 0.0675 e. The van der Waals surface area contributed by atoms with Crippen LogP contribution in [0, 0.1) is 5.92 Å². The highest BCUT2D eigenvalue weighted by atomic mass is 16.5. The summed E-state index contributed by atoms with van der Waals surface area (Å²) < 4.78 is 5.53. The van der Waals surface area contributed by atoms with E-state index in [0.717, 1.165) is 45.4 Å².